The van der Waals surface area contributed by atoms with Crippen LogP contribution in [0.4, 0.5) is 0 Å². The second-order valence-electron chi connectivity index (χ2n) is 5.22. The van der Waals surface area contributed by atoms with Gasteiger partial charge in [0.2, 0.25) is 5.91 Å². The average Bonchev–Trinajstić information content (AvgIpc) is 2.73. The number of carbonyl (C=O) groups is 1. The van der Waals surface area contributed by atoms with Crippen LogP contribution in [0.2, 0.25) is 0 Å². The fourth-order valence-corrected chi connectivity index (χ4v) is 2.92. The topological polar surface area (TPSA) is 32.3 Å². The molecule has 2 saturated heterocycles. The minimum absolute atomic E-state index is 0.262. The molecule has 0 aliphatic carbocycles. The van der Waals surface area contributed by atoms with Crippen LogP contribution in [-0.2, 0) is 4.79 Å². The molecule has 0 radical (unpaired) electrons. The van der Waals surface area contributed by atoms with Gasteiger partial charge in [0, 0.05) is 19.6 Å². The average molecular weight is 224 g/mol. The zero-order chi connectivity index (χ0) is 11.4. The SMILES string of the molecule is CCC1CCCN(C(=O)C2CCNC2)CC1. The smallest absolute Gasteiger partial charge is 0.227 e. The molecule has 2 aliphatic heterocycles. The molecule has 3 nitrogen and oxygen atoms in total. The second-order valence-corrected chi connectivity index (χ2v) is 5.22. The van der Waals surface area contributed by atoms with E-state index in [1.807, 2.05) is 0 Å². The maximum atomic E-state index is 12.2. The highest BCUT2D eigenvalue weighted by Gasteiger charge is 2.28. The number of nitrogens with one attached hydrogen (secondary N) is 1. The van der Waals surface area contributed by atoms with Gasteiger partial charge in [-0.05, 0) is 38.1 Å². The summed E-state index contributed by atoms with van der Waals surface area (Å²) in [6.07, 6.45) is 6.02. The van der Waals surface area contributed by atoms with E-state index in [2.05, 4.69) is 17.1 Å². The molecule has 1 amide bonds. The van der Waals surface area contributed by atoms with Crippen LogP contribution in [0.1, 0.15) is 39.0 Å². The second kappa shape index (κ2) is 5.67. The van der Waals surface area contributed by atoms with Crippen molar-refractivity contribution in [2.75, 3.05) is 26.2 Å². The third-order valence-corrected chi connectivity index (χ3v) is 4.15. The minimum atomic E-state index is 0.262. The van der Waals surface area contributed by atoms with Gasteiger partial charge in [-0.1, -0.05) is 13.3 Å². The minimum Gasteiger partial charge on any atom is -0.342 e. The first-order chi connectivity index (χ1) is 7.81. The summed E-state index contributed by atoms with van der Waals surface area (Å²) < 4.78 is 0. The van der Waals surface area contributed by atoms with Crippen molar-refractivity contribution < 1.29 is 4.79 Å². The lowest BCUT2D eigenvalue weighted by molar-refractivity contribution is -0.134. The summed E-state index contributed by atoms with van der Waals surface area (Å²) >= 11 is 0. The first kappa shape index (κ1) is 11.9. The fraction of sp³-hybridized carbons (Fsp3) is 0.923. The van der Waals surface area contributed by atoms with Gasteiger partial charge in [-0.2, -0.15) is 0 Å². The van der Waals surface area contributed by atoms with Gasteiger partial charge in [-0.15, -0.1) is 0 Å². The van der Waals surface area contributed by atoms with Crippen LogP contribution in [-0.4, -0.2) is 37.0 Å². The van der Waals surface area contributed by atoms with Crippen molar-refractivity contribution >= 4 is 5.91 Å². The largest absolute Gasteiger partial charge is 0.342 e. The van der Waals surface area contributed by atoms with E-state index in [0.29, 0.717) is 5.91 Å². The van der Waals surface area contributed by atoms with Crippen LogP contribution < -0.4 is 5.32 Å². The van der Waals surface area contributed by atoms with Gasteiger partial charge in [0.15, 0.2) is 0 Å². The predicted octanol–water partition coefficient (Wildman–Crippen LogP) is 1.63. The van der Waals surface area contributed by atoms with Gasteiger partial charge in [-0.3, -0.25) is 4.79 Å². The number of amides is 1. The van der Waals surface area contributed by atoms with Crippen LogP contribution >= 0.6 is 0 Å². The molecule has 3 heteroatoms. The Hall–Kier alpha value is -0.570. The third-order valence-electron chi connectivity index (χ3n) is 4.15. The quantitative estimate of drug-likeness (QED) is 0.773. The molecule has 2 unspecified atom stereocenters. The Morgan fingerprint density at radius 2 is 2.19 bits per heavy atom. The monoisotopic (exact) mass is 224 g/mol. The van der Waals surface area contributed by atoms with Crippen molar-refractivity contribution in [3.05, 3.63) is 0 Å². The van der Waals surface area contributed by atoms with Crippen LogP contribution in [0.3, 0.4) is 0 Å². The Labute approximate surface area is 98.6 Å². The summed E-state index contributed by atoms with van der Waals surface area (Å²) in [6.45, 7) is 6.16. The van der Waals surface area contributed by atoms with Crippen LogP contribution in [0.15, 0.2) is 0 Å². The van der Waals surface area contributed by atoms with Gasteiger partial charge in [-0.25, -0.2) is 0 Å². The normalized spacial score (nSPS) is 31.4. The molecule has 0 aromatic rings. The maximum Gasteiger partial charge on any atom is 0.227 e. The lowest BCUT2D eigenvalue weighted by atomic mass is 9.98. The van der Waals surface area contributed by atoms with E-state index in [4.69, 9.17) is 0 Å². The molecule has 0 aromatic carbocycles. The number of rotatable bonds is 2. The number of carbonyl (C=O) groups excluding carboxylic acids is 1. The van der Waals surface area contributed by atoms with E-state index in [-0.39, 0.29) is 5.92 Å². The lowest BCUT2D eigenvalue weighted by Crippen LogP contribution is -2.37. The number of nitrogens with zero attached hydrogens (tertiary/aromatic N) is 1. The van der Waals surface area contributed by atoms with Crippen LogP contribution in [0, 0.1) is 11.8 Å². The molecule has 2 atom stereocenters. The standard InChI is InChI=1S/C13H24N2O/c1-2-11-4-3-8-15(9-6-11)13(16)12-5-7-14-10-12/h11-12,14H,2-10H2,1H3. The molecule has 92 valence electrons. The number of likely N-dealkylation sites (tertiary alicyclic amines) is 1. The summed E-state index contributed by atoms with van der Waals surface area (Å²) in [5.74, 6) is 1.51. The molecule has 2 rings (SSSR count). The van der Waals surface area contributed by atoms with E-state index < -0.39 is 0 Å². The van der Waals surface area contributed by atoms with Gasteiger partial charge < -0.3 is 10.2 Å². The molecule has 0 bridgehead atoms. The van der Waals surface area contributed by atoms with Gasteiger partial charge >= 0.3 is 0 Å². The molecule has 0 spiro atoms. The Kier molecular flexibility index (Phi) is 4.22. The summed E-state index contributed by atoms with van der Waals surface area (Å²) in [5.41, 5.74) is 0. The van der Waals surface area contributed by atoms with E-state index in [1.165, 1.54) is 25.7 Å². The summed E-state index contributed by atoms with van der Waals surface area (Å²) in [5, 5.41) is 3.28. The lowest BCUT2D eigenvalue weighted by Gasteiger charge is -2.23. The zero-order valence-electron chi connectivity index (χ0n) is 10.4. The highest BCUT2D eigenvalue weighted by atomic mass is 16.2. The van der Waals surface area contributed by atoms with E-state index >= 15 is 0 Å². The van der Waals surface area contributed by atoms with E-state index in [1.54, 1.807) is 0 Å². The molecule has 2 aliphatic rings. The molecular formula is C13H24N2O. The number of hydrogen-bond acceptors (Lipinski definition) is 2. The first-order valence-corrected chi connectivity index (χ1v) is 6.80. The highest BCUT2D eigenvalue weighted by molar-refractivity contribution is 5.79. The highest BCUT2D eigenvalue weighted by Crippen LogP contribution is 2.22. The Balaban J connectivity index is 1.86. The first-order valence-electron chi connectivity index (χ1n) is 6.80. The van der Waals surface area contributed by atoms with Gasteiger partial charge in [0.05, 0.1) is 5.92 Å². The van der Waals surface area contributed by atoms with Crippen molar-refractivity contribution in [2.24, 2.45) is 11.8 Å². The Bertz CT molecular complexity index is 236. The molecule has 16 heavy (non-hydrogen) atoms. The van der Waals surface area contributed by atoms with Crippen molar-refractivity contribution in [1.82, 2.24) is 10.2 Å². The van der Waals surface area contributed by atoms with Crippen molar-refractivity contribution in [3.8, 4) is 0 Å². The van der Waals surface area contributed by atoms with Gasteiger partial charge in [0.25, 0.3) is 0 Å². The van der Waals surface area contributed by atoms with Crippen LogP contribution in [0.25, 0.3) is 0 Å². The van der Waals surface area contributed by atoms with E-state index in [9.17, 15) is 4.79 Å². The molecule has 1 N–H and O–H groups in total. The molecule has 0 saturated carbocycles. The third kappa shape index (κ3) is 2.76. The van der Waals surface area contributed by atoms with Gasteiger partial charge in [0.1, 0.15) is 0 Å². The Morgan fingerprint density at radius 3 is 2.88 bits per heavy atom. The van der Waals surface area contributed by atoms with E-state index in [0.717, 1.165) is 38.5 Å². The van der Waals surface area contributed by atoms with Crippen molar-refractivity contribution in [2.45, 2.75) is 39.0 Å². The Morgan fingerprint density at radius 1 is 1.31 bits per heavy atom. The predicted molar refractivity (Wildman–Crippen MR) is 65.2 cm³/mol. The number of hydrogen-bond donors (Lipinski definition) is 1. The molecule has 2 heterocycles. The summed E-state index contributed by atoms with van der Waals surface area (Å²) in [6, 6.07) is 0. The zero-order valence-corrected chi connectivity index (χ0v) is 10.4. The molecule has 0 aromatic heterocycles. The maximum absolute atomic E-state index is 12.2. The fourth-order valence-electron chi connectivity index (χ4n) is 2.92. The van der Waals surface area contributed by atoms with Crippen molar-refractivity contribution in [1.29, 1.82) is 0 Å². The summed E-state index contributed by atoms with van der Waals surface area (Å²) in [4.78, 5) is 14.4. The molecule has 2 fully saturated rings. The van der Waals surface area contributed by atoms with Crippen molar-refractivity contribution in [3.63, 3.8) is 0 Å². The molecular weight excluding hydrogens is 200 g/mol. The van der Waals surface area contributed by atoms with Crippen LogP contribution in [0.5, 0.6) is 0 Å². The summed E-state index contributed by atoms with van der Waals surface area (Å²) in [7, 11) is 0.